The second-order valence-electron chi connectivity index (χ2n) is 5.16. The fourth-order valence-electron chi connectivity index (χ4n) is 2.25. The van der Waals surface area contributed by atoms with Crippen molar-refractivity contribution in [3.05, 3.63) is 81.9 Å². The Kier molecular flexibility index (Phi) is 5.09. The molecule has 3 rings (SSSR count). The number of aryl methyl sites for hydroxylation is 1. The van der Waals surface area contributed by atoms with Crippen molar-refractivity contribution in [2.75, 3.05) is 5.32 Å². The summed E-state index contributed by atoms with van der Waals surface area (Å²) in [6.45, 7) is 2.05. The van der Waals surface area contributed by atoms with Crippen LogP contribution in [0, 0.1) is 6.92 Å². The third kappa shape index (κ3) is 3.56. The van der Waals surface area contributed by atoms with Gasteiger partial charge in [-0.3, -0.25) is 4.98 Å². The first-order valence-electron chi connectivity index (χ1n) is 7.19. The molecule has 0 spiro atoms. The van der Waals surface area contributed by atoms with Crippen molar-refractivity contribution in [2.24, 2.45) is 0 Å². The van der Waals surface area contributed by atoms with Crippen LogP contribution in [0.3, 0.4) is 0 Å². The number of nitrogens with one attached hydrogen (secondary N) is 1. The monoisotopic (exact) mass is 373 g/mol. The molecule has 2 aromatic carbocycles. The standard InChI is InChI=1S/C18H13Cl2N3S/c1-11-4-2-3-5-15(11)23-12-6-7-13(14(19)10-12)17(24)16-18(20)22-9-8-21-16/h2-10,23H,1H3. The quantitative estimate of drug-likeness (QED) is 0.476. The van der Waals surface area contributed by atoms with Crippen LogP contribution in [-0.2, 0) is 0 Å². The van der Waals surface area contributed by atoms with Crippen LogP contribution in [0.2, 0.25) is 10.2 Å². The van der Waals surface area contributed by atoms with E-state index >= 15 is 0 Å². The van der Waals surface area contributed by atoms with Gasteiger partial charge in [0.2, 0.25) is 0 Å². The normalized spacial score (nSPS) is 10.5. The molecule has 6 heteroatoms. The molecule has 3 nitrogen and oxygen atoms in total. The number of nitrogens with zero attached hydrogens (tertiary/aromatic N) is 2. The van der Waals surface area contributed by atoms with Gasteiger partial charge in [-0.1, -0.05) is 53.6 Å². The van der Waals surface area contributed by atoms with Crippen LogP contribution < -0.4 is 5.32 Å². The Bertz CT molecular complexity index is 912. The molecule has 0 radical (unpaired) electrons. The number of benzene rings is 2. The number of hydrogen-bond acceptors (Lipinski definition) is 4. The van der Waals surface area contributed by atoms with Gasteiger partial charge < -0.3 is 5.32 Å². The zero-order valence-electron chi connectivity index (χ0n) is 12.8. The van der Waals surface area contributed by atoms with Crippen LogP contribution in [0.25, 0.3) is 0 Å². The number of para-hydroxylation sites is 1. The van der Waals surface area contributed by atoms with E-state index in [0.717, 1.165) is 16.9 Å². The fraction of sp³-hybridized carbons (Fsp3) is 0.0556. The Morgan fingerprint density at radius 3 is 2.50 bits per heavy atom. The molecule has 0 fully saturated rings. The summed E-state index contributed by atoms with van der Waals surface area (Å²) >= 11 is 17.9. The van der Waals surface area contributed by atoms with Crippen LogP contribution in [0.15, 0.2) is 54.9 Å². The van der Waals surface area contributed by atoms with Crippen molar-refractivity contribution in [3.63, 3.8) is 0 Å². The summed E-state index contributed by atoms with van der Waals surface area (Å²) in [5.74, 6) is 0. The summed E-state index contributed by atoms with van der Waals surface area (Å²) in [4.78, 5) is 8.66. The second-order valence-corrected chi connectivity index (χ2v) is 6.33. The molecule has 0 atom stereocenters. The van der Waals surface area contributed by atoms with Gasteiger partial charge in [0.1, 0.15) is 5.69 Å². The van der Waals surface area contributed by atoms with Crippen molar-refractivity contribution in [1.29, 1.82) is 0 Å². The van der Waals surface area contributed by atoms with Crippen molar-refractivity contribution in [3.8, 4) is 0 Å². The van der Waals surface area contributed by atoms with E-state index in [2.05, 4.69) is 15.3 Å². The van der Waals surface area contributed by atoms with Gasteiger partial charge in [-0.05, 0) is 36.8 Å². The number of anilines is 2. The van der Waals surface area contributed by atoms with E-state index in [1.54, 1.807) is 6.20 Å². The maximum absolute atomic E-state index is 6.41. The summed E-state index contributed by atoms with van der Waals surface area (Å²) in [5, 5.41) is 4.14. The van der Waals surface area contributed by atoms with E-state index in [-0.39, 0.29) is 5.15 Å². The average Bonchev–Trinajstić information content (AvgIpc) is 2.57. The van der Waals surface area contributed by atoms with Gasteiger partial charge in [-0.25, -0.2) is 4.98 Å². The van der Waals surface area contributed by atoms with Crippen molar-refractivity contribution >= 4 is 51.7 Å². The second kappa shape index (κ2) is 7.26. The number of hydrogen-bond donors (Lipinski definition) is 1. The number of rotatable bonds is 4. The van der Waals surface area contributed by atoms with E-state index in [1.807, 2.05) is 49.4 Å². The number of halogens is 2. The van der Waals surface area contributed by atoms with Gasteiger partial charge in [-0.2, -0.15) is 0 Å². The first kappa shape index (κ1) is 16.8. The summed E-state index contributed by atoms with van der Waals surface area (Å²) in [7, 11) is 0. The smallest absolute Gasteiger partial charge is 0.156 e. The Morgan fingerprint density at radius 2 is 1.79 bits per heavy atom. The van der Waals surface area contributed by atoms with Gasteiger partial charge in [0.05, 0.1) is 9.89 Å². The highest BCUT2D eigenvalue weighted by Gasteiger charge is 2.14. The Balaban J connectivity index is 1.89. The average molecular weight is 374 g/mol. The summed E-state index contributed by atoms with van der Waals surface area (Å²) in [6, 6.07) is 13.7. The molecule has 0 aliphatic heterocycles. The van der Waals surface area contributed by atoms with Crippen molar-refractivity contribution in [1.82, 2.24) is 9.97 Å². The topological polar surface area (TPSA) is 37.8 Å². The molecule has 24 heavy (non-hydrogen) atoms. The van der Waals surface area contributed by atoms with Gasteiger partial charge in [-0.15, -0.1) is 0 Å². The third-order valence-corrected chi connectivity index (χ3v) is 4.51. The molecule has 0 aliphatic carbocycles. The minimum Gasteiger partial charge on any atom is -0.355 e. The highest BCUT2D eigenvalue weighted by atomic mass is 35.5. The lowest BCUT2D eigenvalue weighted by molar-refractivity contribution is 1.18. The minimum absolute atomic E-state index is 0.265. The minimum atomic E-state index is 0.265. The van der Waals surface area contributed by atoms with Crippen LogP contribution in [0.5, 0.6) is 0 Å². The zero-order chi connectivity index (χ0) is 17.1. The van der Waals surface area contributed by atoms with E-state index in [4.69, 9.17) is 35.4 Å². The van der Waals surface area contributed by atoms with Crippen LogP contribution in [-0.4, -0.2) is 14.8 Å². The molecule has 0 bridgehead atoms. The lowest BCUT2D eigenvalue weighted by atomic mass is 10.1. The molecular weight excluding hydrogens is 361 g/mol. The predicted octanol–water partition coefficient (Wildman–Crippen LogP) is 5.60. The van der Waals surface area contributed by atoms with Crippen molar-refractivity contribution in [2.45, 2.75) is 6.92 Å². The van der Waals surface area contributed by atoms with E-state index in [0.29, 0.717) is 21.1 Å². The molecule has 1 heterocycles. The lowest BCUT2D eigenvalue weighted by Crippen LogP contribution is -2.05. The lowest BCUT2D eigenvalue weighted by Gasteiger charge is -2.12. The Morgan fingerprint density at radius 1 is 1.04 bits per heavy atom. The Hall–Kier alpha value is -2.01. The molecule has 0 saturated heterocycles. The van der Waals surface area contributed by atoms with Crippen LogP contribution in [0.1, 0.15) is 16.8 Å². The molecule has 0 amide bonds. The number of aromatic nitrogens is 2. The highest BCUT2D eigenvalue weighted by molar-refractivity contribution is 7.81. The van der Waals surface area contributed by atoms with Crippen LogP contribution >= 0.6 is 35.4 Å². The SMILES string of the molecule is Cc1ccccc1Nc1ccc(C(=S)c2nccnc2Cl)c(Cl)c1. The van der Waals surface area contributed by atoms with Crippen LogP contribution in [0.4, 0.5) is 11.4 Å². The fourth-order valence-corrected chi connectivity index (χ4v) is 3.16. The van der Waals surface area contributed by atoms with Gasteiger partial charge >= 0.3 is 0 Å². The van der Waals surface area contributed by atoms with Gasteiger partial charge in [0.25, 0.3) is 0 Å². The molecule has 0 unspecified atom stereocenters. The molecular formula is C18H13Cl2N3S. The first-order chi connectivity index (χ1) is 11.6. The maximum Gasteiger partial charge on any atom is 0.156 e. The molecule has 120 valence electrons. The van der Waals surface area contributed by atoms with Gasteiger partial charge in [0, 0.05) is 29.3 Å². The molecule has 0 aliphatic rings. The molecule has 0 saturated carbocycles. The summed E-state index contributed by atoms with van der Waals surface area (Å²) in [5.41, 5.74) is 4.21. The predicted molar refractivity (Wildman–Crippen MR) is 104 cm³/mol. The van der Waals surface area contributed by atoms with E-state index < -0.39 is 0 Å². The van der Waals surface area contributed by atoms with E-state index in [9.17, 15) is 0 Å². The van der Waals surface area contributed by atoms with Crippen molar-refractivity contribution < 1.29 is 0 Å². The molecule has 1 N–H and O–H groups in total. The first-order valence-corrected chi connectivity index (χ1v) is 8.36. The molecule has 3 aromatic rings. The van der Waals surface area contributed by atoms with Gasteiger partial charge in [0.15, 0.2) is 5.15 Å². The number of thiocarbonyl (C=S) groups is 1. The maximum atomic E-state index is 6.41. The summed E-state index contributed by atoms with van der Waals surface area (Å²) < 4.78 is 0. The Labute approximate surface area is 155 Å². The largest absolute Gasteiger partial charge is 0.355 e. The third-order valence-electron chi connectivity index (χ3n) is 3.51. The summed E-state index contributed by atoms with van der Waals surface area (Å²) in [6.07, 6.45) is 3.07. The van der Waals surface area contributed by atoms with E-state index in [1.165, 1.54) is 6.20 Å². The highest BCUT2D eigenvalue weighted by Crippen LogP contribution is 2.27. The molecule has 1 aromatic heterocycles. The zero-order valence-corrected chi connectivity index (χ0v) is 15.1.